The zero-order valence-corrected chi connectivity index (χ0v) is 12.5. The third-order valence-corrected chi connectivity index (χ3v) is 5.35. The van der Waals surface area contributed by atoms with Gasteiger partial charge in [0.1, 0.15) is 0 Å². The molecule has 2 aliphatic carbocycles. The number of hydrogen-bond donors (Lipinski definition) is 1. The van der Waals surface area contributed by atoms with Gasteiger partial charge in [-0.3, -0.25) is 0 Å². The van der Waals surface area contributed by atoms with Crippen LogP contribution in [-0.4, -0.2) is 18.8 Å². The van der Waals surface area contributed by atoms with E-state index >= 15 is 0 Å². The van der Waals surface area contributed by atoms with Crippen LogP contribution in [0.1, 0.15) is 64.7 Å². The molecule has 0 saturated heterocycles. The van der Waals surface area contributed by atoms with E-state index in [1.807, 2.05) is 6.92 Å². The molecular formula is C16H28F3N. The molecule has 20 heavy (non-hydrogen) atoms. The Morgan fingerprint density at radius 1 is 1.05 bits per heavy atom. The molecule has 0 heterocycles. The van der Waals surface area contributed by atoms with Crippen LogP contribution in [0.15, 0.2) is 0 Å². The van der Waals surface area contributed by atoms with E-state index in [2.05, 4.69) is 5.32 Å². The number of hydrogen-bond acceptors (Lipinski definition) is 1. The minimum absolute atomic E-state index is 0.0597. The third kappa shape index (κ3) is 4.64. The molecule has 118 valence electrons. The predicted molar refractivity (Wildman–Crippen MR) is 75.5 cm³/mol. The summed E-state index contributed by atoms with van der Waals surface area (Å²) in [7, 11) is 0. The summed E-state index contributed by atoms with van der Waals surface area (Å²) < 4.78 is 37.4. The fourth-order valence-electron chi connectivity index (χ4n) is 4.36. The summed E-state index contributed by atoms with van der Waals surface area (Å²) in [6, 6.07) is 0.0597. The summed E-state index contributed by atoms with van der Waals surface area (Å²) in [5, 5.41) is 3.32. The van der Waals surface area contributed by atoms with E-state index in [9.17, 15) is 13.2 Å². The highest BCUT2D eigenvalue weighted by Crippen LogP contribution is 2.44. The lowest BCUT2D eigenvalue weighted by molar-refractivity contribution is -0.137. The Hall–Kier alpha value is -0.250. The summed E-state index contributed by atoms with van der Waals surface area (Å²) in [5.41, 5.74) is 0. The first-order valence-electron chi connectivity index (χ1n) is 8.29. The first-order chi connectivity index (χ1) is 9.49. The Labute approximate surface area is 120 Å². The number of rotatable bonds is 5. The SMILES string of the molecule is CCNC(CCC(F)(F)F)C1CCC2CCCCC2C1. The monoisotopic (exact) mass is 291 g/mol. The molecule has 0 aromatic carbocycles. The van der Waals surface area contributed by atoms with Crippen LogP contribution in [0.5, 0.6) is 0 Å². The average Bonchev–Trinajstić information content (AvgIpc) is 2.42. The van der Waals surface area contributed by atoms with Gasteiger partial charge in [-0.2, -0.15) is 13.2 Å². The summed E-state index contributed by atoms with van der Waals surface area (Å²) in [6.07, 6.45) is 4.44. The second-order valence-electron chi connectivity index (χ2n) is 6.70. The maximum atomic E-state index is 12.5. The van der Waals surface area contributed by atoms with Gasteiger partial charge in [0.2, 0.25) is 0 Å². The van der Waals surface area contributed by atoms with Gasteiger partial charge < -0.3 is 5.32 Å². The quantitative estimate of drug-likeness (QED) is 0.758. The van der Waals surface area contributed by atoms with Gasteiger partial charge in [0.05, 0.1) is 0 Å². The van der Waals surface area contributed by atoms with E-state index in [1.165, 1.54) is 32.1 Å². The first kappa shape index (κ1) is 16.1. The Morgan fingerprint density at radius 3 is 2.40 bits per heavy atom. The minimum atomic E-state index is -4.02. The standard InChI is InChI=1S/C16H28F3N/c1-2-20-15(9-10-16(17,18)19)14-8-7-12-5-3-4-6-13(12)11-14/h12-15,20H,2-11H2,1H3. The minimum Gasteiger partial charge on any atom is -0.314 e. The highest BCUT2D eigenvalue weighted by atomic mass is 19.4. The van der Waals surface area contributed by atoms with Crippen LogP contribution in [0.25, 0.3) is 0 Å². The third-order valence-electron chi connectivity index (χ3n) is 5.35. The van der Waals surface area contributed by atoms with E-state index in [0.717, 1.165) is 31.2 Å². The lowest BCUT2D eigenvalue weighted by Gasteiger charge is -2.42. The van der Waals surface area contributed by atoms with Crippen LogP contribution >= 0.6 is 0 Å². The Morgan fingerprint density at radius 2 is 1.75 bits per heavy atom. The van der Waals surface area contributed by atoms with Gasteiger partial charge in [-0.25, -0.2) is 0 Å². The van der Waals surface area contributed by atoms with Crippen molar-refractivity contribution >= 4 is 0 Å². The maximum absolute atomic E-state index is 12.5. The van der Waals surface area contributed by atoms with Gasteiger partial charge in [0.15, 0.2) is 0 Å². The van der Waals surface area contributed by atoms with E-state index in [-0.39, 0.29) is 12.5 Å². The van der Waals surface area contributed by atoms with Crippen molar-refractivity contribution in [3.63, 3.8) is 0 Å². The van der Waals surface area contributed by atoms with Crippen LogP contribution in [0.2, 0.25) is 0 Å². The molecule has 2 aliphatic rings. The van der Waals surface area contributed by atoms with Crippen molar-refractivity contribution in [1.82, 2.24) is 5.32 Å². The molecule has 4 atom stereocenters. The molecule has 0 aromatic rings. The van der Waals surface area contributed by atoms with Gasteiger partial charge >= 0.3 is 6.18 Å². The summed E-state index contributed by atoms with van der Waals surface area (Å²) in [4.78, 5) is 0. The van der Waals surface area contributed by atoms with Gasteiger partial charge in [0.25, 0.3) is 0 Å². The highest BCUT2D eigenvalue weighted by Gasteiger charge is 2.36. The van der Waals surface area contributed by atoms with Crippen LogP contribution in [0.3, 0.4) is 0 Å². The second kappa shape index (κ2) is 7.15. The average molecular weight is 291 g/mol. The van der Waals surface area contributed by atoms with Crippen LogP contribution in [0, 0.1) is 17.8 Å². The normalized spacial score (nSPS) is 32.7. The summed E-state index contributed by atoms with van der Waals surface area (Å²) in [6.45, 7) is 2.76. The van der Waals surface area contributed by atoms with Crippen molar-refractivity contribution in [3.05, 3.63) is 0 Å². The molecule has 2 rings (SSSR count). The Balaban J connectivity index is 1.88. The first-order valence-corrected chi connectivity index (χ1v) is 8.29. The van der Waals surface area contributed by atoms with Crippen LogP contribution in [0.4, 0.5) is 13.2 Å². The van der Waals surface area contributed by atoms with E-state index in [0.29, 0.717) is 5.92 Å². The van der Waals surface area contributed by atoms with E-state index in [4.69, 9.17) is 0 Å². The van der Waals surface area contributed by atoms with Crippen molar-refractivity contribution in [1.29, 1.82) is 0 Å². The Kier molecular flexibility index (Phi) is 5.76. The molecule has 1 nitrogen and oxygen atoms in total. The van der Waals surface area contributed by atoms with E-state index < -0.39 is 12.6 Å². The van der Waals surface area contributed by atoms with Gasteiger partial charge in [-0.1, -0.05) is 32.6 Å². The van der Waals surface area contributed by atoms with Crippen molar-refractivity contribution in [2.45, 2.75) is 76.9 Å². The lowest BCUT2D eigenvalue weighted by atomic mass is 9.65. The van der Waals surface area contributed by atoms with Crippen molar-refractivity contribution in [2.75, 3.05) is 6.54 Å². The smallest absolute Gasteiger partial charge is 0.314 e. The fraction of sp³-hybridized carbons (Fsp3) is 1.00. The summed E-state index contributed by atoms with van der Waals surface area (Å²) >= 11 is 0. The van der Waals surface area contributed by atoms with Crippen molar-refractivity contribution < 1.29 is 13.2 Å². The molecular weight excluding hydrogens is 263 g/mol. The van der Waals surface area contributed by atoms with Gasteiger partial charge in [-0.05, 0) is 50.0 Å². The summed E-state index contributed by atoms with van der Waals surface area (Å²) in [5.74, 6) is 2.11. The van der Waals surface area contributed by atoms with Crippen LogP contribution in [-0.2, 0) is 0 Å². The molecule has 0 aliphatic heterocycles. The topological polar surface area (TPSA) is 12.0 Å². The number of nitrogens with one attached hydrogen (secondary N) is 1. The van der Waals surface area contributed by atoms with Crippen molar-refractivity contribution in [3.8, 4) is 0 Å². The molecule has 0 amide bonds. The highest BCUT2D eigenvalue weighted by molar-refractivity contribution is 4.88. The molecule has 0 radical (unpaired) electrons. The second-order valence-corrected chi connectivity index (χ2v) is 6.70. The molecule has 4 unspecified atom stereocenters. The molecule has 2 fully saturated rings. The number of halogens is 3. The van der Waals surface area contributed by atoms with Gasteiger partial charge in [-0.15, -0.1) is 0 Å². The van der Waals surface area contributed by atoms with Gasteiger partial charge in [0, 0.05) is 12.5 Å². The fourth-order valence-corrected chi connectivity index (χ4v) is 4.36. The zero-order chi connectivity index (χ0) is 14.6. The Bertz CT molecular complexity index is 290. The molecule has 2 saturated carbocycles. The zero-order valence-electron chi connectivity index (χ0n) is 12.5. The molecule has 0 spiro atoms. The number of fused-ring (bicyclic) bond motifs is 1. The maximum Gasteiger partial charge on any atom is 0.389 e. The molecule has 1 N–H and O–H groups in total. The largest absolute Gasteiger partial charge is 0.389 e. The molecule has 0 aromatic heterocycles. The number of alkyl halides is 3. The predicted octanol–water partition coefficient (Wildman–Crippen LogP) is 4.91. The van der Waals surface area contributed by atoms with E-state index in [1.54, 1.807) is 0 Å². The lowest BCUT2D eigenvalue weighted by Crippen LogP contribution is -2.41. The van der Waals surface area contributed by atoms with Crippen LogP contribution < -0.4 is 5.32 Å². The molecule has 0 bridgehead atoms. The molecule has 4 heteroatoms. The van der Waals surface area contributed by atoms with Crippen molar-refractivity contribution in [2.24, 2.45) is 17.8 Å².